The summed E-state index contributed by atoms with van der Waals surface area (Å²) < 4.78 is 28.8. The average molecular weight is 335 g/mol. The van der Waals surface area contributed by atoms with Crippen LogP contribution in [0.15, 0.2) is 35.2 Å². The van der Waals surface area contributed by atoms with Crippen LogP contribution < -0.4 is 4.74 Å². The minimum Gasteiger partial charge on any atom is -0.450 e. The number of sulfone groups is 1. The number of ether oxygens (including phenoxy) is 1. The third-order valence-corrected chi connectivity index (χ3v) is 4.65. The van der Waals surface area contributed by atoms with Gasteiger partial charge in [0.25, 0.3) is 0 Å². The molecule has 6 nitrogen and oxygen atoms in total. The summed E-state index contributed by atoms with van der Waals surface area (Å²) in [5.41, 5.74) is 2.47. The lowest BCUT2D eigenvalue weighted by Gasteiger charge is -2.12. The first kappa shape index (κ1) is 17.0. The molecule has 2 rings (SSSR count). The minimum atomic E-state index is -3.53. The van der Waals surface area contributed by atoms with E-state index < -0.39 is 14.8 Å². The van der Waals surface area contributed by atoms with E-state index in [0.717, 1.165) is 29.0 Å². The molecule has 0 amide bonds. The van der Waals surface area contributed by atoms with Crippen LogP contribution in [0.3, 0.4) is 0 Å². The molecule has 23 heavy (non-hydrogen) atoms. The smallest absolute Gasteiger partial charge is 0.312 e. The molecule has 0 atom stereocenters. The largest absolute Gasteiger partial charge is 0.450 e. The fourth-order valence-electron chi connectivity index (χ4n) is 2.18. The molecule has 0 aromatic heterocycles. The van der Waals surface area contributed by atoms with E-state index in [1.807, 2.05) is 26.8 Å². The number of hydrogen-bond acceptors (Lipinski definition) is 5. The molecular formula is C16H17NO5S. The summed E-state index contributed by atoms with van der Waals surface area (Å²) in [4.78, 5) is 10.5. The van der Waals surface area contributed by atoms with Crippen molar-refractivity contribution >= 4 is 15.5 Å². The summed E-state index contributed by atoms with van der Waals surface area (Å²) >= 11 is 0. The zero-order chi connectivity index (χ0) is 17.4. The summed E-state index contributed by atoms with van der Waals surface area (Å²) in [5.74, 6) is 0.521. The fourth-order valence-corrected chi connectivity index (χ4v) is 2.82. The SMILES string of the molecule is Cc1cc(C)c(C)c(Oc2ccc(S(C)(=O)=O)cc2[N+](=O)[O-])c1. The second-order valence-electron chi connectivity index (χ2n) is 5.47. The fraction of sp³-hybridized carbons (Fsp3) is 0.250. The monoisotopic (exact) mass is 335 g/mol. The van der Waals surface area contributed by atoms with E-state index >= 15 is 0 Å². The highest BCUT2D eigenvalue weighted by Gasteiger charge is 2.21. The van der Waals surface area contributed by atoms with Crippen LogP contribution in [0.4, 0.5) is 5.69 Å². The van der Waals surface area contributed by atoms with E-state index in [0.29, 0.717) is 5.75 Å². The highest BCUT2D eigenvalue weighted by Crippen LogP contribution is 2.35. The van der Waals surface area contributed by atoms with Gasteiger partial charge in [-0.3, -0.25) is 10.1 Å². The summed E-state index contributed by atoms with van der Waals surface area (Å²) in [6.07, 6.45) is 1.00. The molecule has 122 valence electrons. The van der Waals surface area contributed by atoms with Crippen molar-refractivity contribution in [1.82, 2.24) is 0 Å². The normalized spacial score (nSPS) is 11.3. The third-order valence-electron chi connectivity index (χ3n) is 3.54. The van der Waals surface area contributed by atoms with Crippen LogP contribution in [0.2, 0.25) is 0 Å². The van der Waals surface area contributed by atoms with Gasteiger partial charge in [0.1, 0.15) is 5.75 Å². The molecule has 0 saturated carbocycles. The van der Waals surface area contributed by atoms with Crippen molar-refractivity contribution in [3.8, 4) is 11.5 Å². The van der Waals surface area contributed by atoms with Crippen molar-refractivity contribution in [2.75, 3.05) is 6.26 Å². The minimum absolute atomic E-state index is 0.00972. The van der Waals surface area contributed by atoms with Gasteiger partial charge in [0.05, 0.1) is 9.82 Å². The number of aryl methyl sites for hydroxylation is 2. The van der Waals surface area contributed by atoms with E-state index in [1.165, 1.54) is 12.1 Å². The summed E-state index contributed by atoms with van der Waals surface area (Å²) in [7, 11) is -3.53. The first-order chi connectivity index (χ1) is 10.6. The van der Waals surface area contributed by atoms with Crippen LogP contribution in [-0.4, -0.2) is 19.6 Å². The van der Waals surface area contributed by atoms with E-state index in [-0.39, 0.29) is 16.3 Å². The Kier molecular flexibility index (Phi) is 4.42. The molecule has 0 aliphatic rings. The molecule has 0 fully saturated rings. The zero-order valence-electron chi connectivity index (χ0n) is 13.3. The van der Waals surface area contributed by atoms with Crippen LogP contribution in [0.1, 0.15) is 16.7 Å². The lowest BCUT2D eigenvalue weighted by atomic mass is 10.1. The standard InChI is InChI=1S/C16H17NO5S/c1-10-7-11(2)12(3)16(8-10)22-15-6-5-13(23(4,20)21)9-14(15)17(18)19/h5-9H,1-4H3. The molecule has 0 spiro atoms. The topological polar surface area (TPSA) is 86.5 Å². The summed E-state index contributed by atoms with van der Waals surface area (Å²) in [6.45, 7) is 5.69. The molecule has 0 radical (unpaired) electrons. The summed E-state index contributed by atoms with van der Waals surface area (Å²) in [6, 6.07) is 7.41. The number of nitrogens with zero attached hydrogens (tertiary/aromatic N) is 1. The Morgan fingerprint density at radius 1 is 1.04 bits per heavy atom. The van der Waals surface area contributed by atoms with Crippen LogP contribution in [0, 0.1) is 30.9 Å². The van der Waals surface area contributed by atoms with Gasteiger partial charge >= 0.3 is 5.69 Å². The molecular weight excluding hydrogens is 318 g/mol. The van der Waals surface area contributed by atoms with E-state index in [2.05, 4.69) is 0 Å². The maximum atomic E-state index is 11.6. The lowest BCUT2D eigenvalue weighted by Crippen LogP contribution is -2.01. The molecule has 0 saturated heterocycles. The number of hydrogen-bond donors (Lipinski definition) is 0. The van der Waals surface area contributed by atoms with Crippen molar-refractivity contribution in [2.24, 2.45) is 0 Å². The Morgan fingerprint density at radius 2 is 1.70 bits per heavy atom. The van der Waals surface area contributed by atoms with Gasteiger partial charge in [-0.1, -0.05) is 6.07 Å². The van der Waals surface area contributed by atoms with Crippen LogP contribution in [-0.2, 0) is 9.84 Å². The molecule has 0 aliphatic heterocycles. The second kappa shape index (κ2) is 6.00. The number of benzene rings is 2. The maximum Gasteiger partial charge on any atom is 0.312 e. The van der Waals surface area contributed by atoms with Crippen molar-refractivity contribution in [3.63, 3.8) is 0 Å². The van der Waals surface area contributed by atoms with Gasteiger partial charge in [-0.05, 0) is 55.7 Å². The second-order valence-corrected chi connectivity index (χ2v) is 7.48. The molecule has 0 unspecified atom stereocenters. The third kappa shape index (κ3) is 3.68. The quantitative estimate of drug-likeness (QED) is 0.628. The van der Waals surface area contributed by atoms with Gasteiger partial charge < -0.3 is 4.74 Å². The Bertz CT molecular complexity index is 888. The van der Waals surface area contributed by atoms with E-state index in [1.54, 1.807) is 6.07 Å². The van der Waals surface area contributed by atoms with Crippen LogP contribution in [0.5, 0.6) is 11.5 Å². The van der Waals surface area contributed by atoms with Crippen molar-refractivity contribution < 1.29 is 18.1 Å². The van der Waals surface area contributed by atoms with Gasteiger partial charge in [0.15, 0.2) is 9.84 Å². The van der Waals surface area contributed by atoms with E-state index in [4.69, 9.17) is 4.74 Å². The Morgan fingerprint density at radius 3 is 2.26 bits per heavy atom. The molecule has 0 aliphatic carbocycles. The van der Waals surface area contributed by atoms with Gasteiger partial charge in [0.2, 0.25) is 5.75 Å². The van der Waals surface area contributed by atoms with Crippen molar-refractivity contribution in [2.45, 2.75) is 25.7 Å². The Hall–Kier alpha value is -2.41. The van der Waals surface area contributed by atoms with Crippen molar-refractivity contribution in [3.05, 3.63) is 57.1 Å². The average Bonchev–Trinajstić information content (AvgIpc) is 2.43. The number of nitro groups is 1. The lowest BCUT2D eigenvalue weighted by molar-refractivity contribution is -0.385. The highest BCUT2D eigenvalue weighted by molar-refractivity contribution is 7.90. The molecule has 0 heterocycles. The predicted molar refractivity (Wildman–Crippen MR) is 86.9 cm³/mol. The summed E-state index contributed by atoms with van der Waals surface area (Å²) in [5, 5.41) is 11.2. The van der Waals surface area contributed by atoms with Gasteiger partial charge in [-0.15, -0.1) is 0 Å². The molecule has 2 aromatic carbocycles. The predicted octanol–water partition coefficient (Wildman–Crippen LogP) is 3.72. The molecule has 0 N–H and O–H groups in total. The van der Waals surface area contributed by atoms with Crippen molar-refractivity contribution in [1.29, 1.82) is 0 Å². The number of nitro benzene ring substituents is 1. The molecule has 2 aromatic rings. The maximum absolute atomic E-state index is 11.6. The van der Waals surface area contributed by atoms with E-state index in [9.17, 15) is 18.5 Å². The van der Waals surface area contributed by atoms with Gasteiger partial charge in [0, 0.05) is 12.3 Å². The van der Waals surface area contributed by atoms with Gasteiger partial charge in [-0.25, -0.2) is 8.42 Å². The zero-order valence-corrected chi connectivity index (χ0v) is 14.1. The highest BCUT2D eigenvalue weighted by atomic mass is 32.2. The van der Waals surface area contributed by atoms with Crippen LogP contribution >= 0.6 is 0 Å². The molecule has 7 heteroatoms. The van der Waals surface area contributed by atoms with Gasteiger partial charge in [-0.2, -0.15) is 0 Å². The Balaban J connectivity index is 2.55. The van der Waals surface area contributed by atoms with Crippen LogP contribution in [0.25, 0.3) is 0 Å². The molecule has 0 bridgehead atoms. The first-order valence-electron chi connectivity index (χ1n) is 6.84. The number of rotatable bonds is 4. The Labute approximate surface area is 134 Å². The first-order valence-corrected chi connectivity index (χ1v) is 8.73.